The lowest BCUT2D eigenvalue weighted by Gasteiger charge is -2.26. The van der Waals surface area contributed by atoms with Crippen molar-refractivity contribution >= 4 is 0 Å². The molecule has 3 nitrogen and oxygen atoms in total. The Balaban J connectivity index is 1.67. The third-order valence-corrected chi connectivity index (χ3v) is 3.54. The summed E-state index contributed by atoms with van der Waals surface area (Å²) in [5, 5.41) is 3.49. The van der Waals surface area contributed by atoms with Gasteiger partial charge < -0.3 is 14.8 Å². The van der Waals surface area contributed by atoms with Gasteiger partial charge in [-0.15, -0.1) is 0 Å². The number of ether oxygens (including phenoxy) is 2. The number of benzene rings is 1. The van der Waals surface area contributed by atoms with Crippen molar-refractivity contribution < 1.29 is 9.47 Å². The number of fused-ring (bicyclic) bond motifs is 1. The topological polar surface area (TPSA) is 30.5 Å². The van der Waals surface area contributed by atoms with Crippen molar-refractivity contribution in [1.29, 1.82) is 0 Å². The molecule has 1 unspecified atom stereocenters. The molecule has 1 heterocycles. The summed E-state index contributed by atoms with van der Waals surface area (Å²) in [6.45, 7) is 6.66. The summed E-state index contributed by atoms with van der Waals surface area (Å²) in [7, 11) is 0. The highest BCUT2D eigenvalue weighted by Gasteiger charge is 2.20. The van der Waals surface area contributed by atoms with Gasteiger partial charge in [0.05, 0.1) is 13.2 Å². The second-order valence-corrected chi connectivity index (χ2v) is 5.04. The summed E-state index contributed by atoms with van der Waals surface area (Å²) in [5.41, 5.74) is 1.34. The van der Waals surface area contributed by atoms with Crippen molar-refractivity contribution in [2.24, 2.45) is 0 Å². The van der Waals surface area contributed by atoms with Crippen LogP contribution in [-0.2, 0) is 4.74 Å². The second-order valence-electron chi connectivity index (χ2n) is 5.04. The summed E-state index contributed by atoms with van der Waals surface area (Å²) in [5.74, 6) is 1.63. The van der Waals surface area contributed by atoms with E-state index in [0.717, 1.165) is 51.5 Å². The van der Waals surface area contributed by atoms with Crippen LogP contribution in [0.25, 0.3) is 0 Å². The van der Waals surface area contributed by atoms with Crippen molar-refractivity contribution in [3.63, 3.8) is 0 Å². The van der Waals surface area contributed by atoms with Gasteiger partial charge in [0.25, 0.3) is 0 Å². The van der Waals surface area contributed by atoms with Gasteiger partial charge in [-0.05, 0) is 24.5 Å². The van der Waals surface area contributed by atoms with Crippen LogP contribution in [0.4, 0.5) is 0 Å². The smallest absolute Gasteiger partial charge is 0.122 e. The van der Waals surface area contributed by atoms with Gasteiger partial charge in [0.2, 0.25) is 0 Å². The van der Waals surface area contributed by atoms with Gasteiger partial charge in [-0.1, -0.05) is 31.5 Å². The Bertz CT molecular complexity index is 368. The monoisotopic (exact) mass is 263 g/mol. The van der Waals surface area contributed by atoms with E-state index < -0.39 is 0 Å². The minimum atomic E-state index is 0.570. The van der Waals surface area contributed by atoms with E-state index in [1.165, 1.54) is 12.0 Å². The molecule has 0 aromatic heterocycles. The molecule has 3 heteroatoms. The van der Waals surface area contributed by atoms with Crippen LogP contribution >= 0.6 is 0 Å². The molecular formula is C16H25NO2. The molecule has 1 aromatic rings. The van der Waals surface area contributed by atoms with E-state index in [9.17, 15) is 0 Å². The zero-order valence-electron chi connectivity index (χ0n) is 11.9. The van der Waals surface area contributed by atoms with Crippen LogP contribution in [0, 0.1) is 0 Å². The maximum absolute atomic E-state index is 5.67. The molecule has 1 atom stereocenters. The number of nitrogens with one attached hydrogen (secondary N) is 1. The van der Waals surface area contributed by atoms with Crippen LogP contribution in [0.5, 0.6) is 5.75 Å². The normalized spacial score (nSPS) is 17.8. The molecule has 0 radical (unpaired) electrons. The van der Waals surface area contributed by atoms with Crippen LogP contribution in [0.3, 0.4) is 0 Å². The molecule has 0 fully saturated rings. The fourth-order valence-corrected chi connectivity index (χ4v) is 2.40. The van der Waals surface area contributed by atoms with Crippen molar-refractivity contribution in [3.05, 3.63) is 29.8 Å². The van der Waals surface area contributed by atoms with E-state index in [1.54, 1.807) is 0 Å². The lowest BCUT2D eigenvalue weighted by atomic mass is 9.93. The van der Waals surface area contributed by atoms with Crippen molar-refractivity contribution in [3.8, 4) is 5.75 Å². The number of hydrogen-bond donors (Lipinski definition) is 1. The number of hydrogen-bond acceptors (Lipinski definition) is 3. The predicted molar refractivity (Wildman–Crippen MR) is 77.9 cm³/mol. The highest BCUT2D eigenvalue weighted by Crippen LogP contribution is 2.32. The molecule has 19 heavy (non-hydrogen) atoms. The van der Waals surface area contributed by atoms with E-state index in [4.69, 9.17) is 9.47 Å². The zero-order chi connectivity index (χ0) is 13.3. The molecule has 0 spiro atoms. The summed E-state index contributed by atoms with van der Waals surface area (Å²) in [4.78, 5) is 0. The number of para-hydroxylation sites is 1. The highest BCUT2D eigenvalue weighted by atomic mass is 16.5. The fraction of sp³-hybridized carbons (Fsp3) is 0.625. The first kappa shape index (κ1) is 14.4. The van der Waals surface area contributed by atoms with Crippen LogP contribution in [-0.4, -0.2) is 32.9 Å². The van der Waals surface area contributed by atoms with Gasteiger partial charge in [-0.3, -0.25) is 0 Å². The highest BCUT2D eigenvalue weighted by molar-refractivity contribution is 5.37. The zero-order valence-corrected chi connectivity index (χ0v) is 11.9. The number of unbranched alkanes of at least 4 members (excludes halogenated alkanes) is 1. The molecule has 1 aromatic carbocycles. The van der Waals surface area contributed by atoms with E-state index in [-0.39, 0.29) is 0 Å². The Kier molecular flexibility index (Phi) is 6.18. The molecule has 2 rings (SSSR count). The summed E-state index contributed by atoms with van der Waals surface area (Å²) in [6, 6.07) is 8.37. The molecule has 0 saturated carbocycles. The van der Waals surface area contributed by atoms with Crippen molar-refractivity contribution in [2.45, 2.75) is 32.1 Å². The van der Waals surface area contributed by atoms with Crippen LogP contribution in [0.1, 0.15) is 37.7 Å². The Morgan fingerprint density at radius 2 is 2.21 bits per heavy atom. The second kappa shape index (κ2) is 8.18. The molecule has 0 amide bonds. The molecule has 1 aliphatic rings. The molecular weight excluding hydrogens is 238 g/mol. The van der Waals surface area contributed by atoms with Gasteiger partial charge in [-0.25, -0.2) is 0 Å². The average Bonchev–Trinajstić information content (AvgIpc) is 2.46. The maximum Gasteiger partial charge on any atom is 0.122 e. The first-order valence-corrected chi connectivity index (χ1v) is 7.42. The van der Waals surface area contributed by atoms with Gasteiger partial charge in [0, 0.05) is 25.6 Å². The minimum Gasteiger partial charge on any atom is -0.493 e. The lowest BCUT2D eigenvalue weighted by molar-refractivity contribution is 0.132. The summed E-state index contributed by atoms with van der Waals surface area (Å²) in [6.07, 6.45) is 3.46. The lowest BCUT2D eigenvalue weighted by Crippen LogP contribution is -2.28. The quantitative estimate of drug-likeness (QED) is 0.731. The van der Waals surface area contributed by atoms with Crippen LogP contribution in [0.15, 0.2) is 24.3 Å². The molecule has 106 valence electrons. The van der Waals surface area contributed by atoms with Gasteiger partial charge in [0.1, 0.15) is 5.75 Å². The molecule has 1 N–H and O–H groups in total. The summed E-state index contributed by atoms with van der Waals surface area (Å²) >= 11 is 0. The Morgan fingerprint density at radius 3 is 3.11 bits per heavy atom. The maximum atomic E-state index is 5.67. The Hall–Kier alpha value is -1.06. The van der Waals surface area contributed by atoms with E-state index in [2.05, 4.69) is 30.4 Å². The molecule has 1 aliphatic heterocycles. The average molecular weight is 263 g/mol. The van der Waals surface area contributed by atoms with E-state index in [1.807, 2.05) is 6.07 Å². The van der Waals surface area contributed by atoms with Gasteiger partial charge in [0.15, 0.2) is 0 Å². The summed E-state index contributed by atoms with van der Waals surface area (Å²) < 4.78 is 11.2. The van der Waals surface area contributed by atoms with E-state index in [0.29, 0.717) is 5.92 Å². The molecule has 0 bridgehead atoms. The van der Waals surface area contributed by atoms with Gasteiger partial charge in [-0.2, -0.15) is 0 Å². The Morgan fingerprint density at radius 1 is 1.32 bits per heavy atom. The third kappa shape index (κ3) is 4.51. The Labute approximate surface area is 116 Å². The van der Waals surface area contributed by atoms with Gasteiger partial charge >= 0.3 is 0 Å². The number of rotatable bonds is 8. The van der Waals surface area contributed by atoms with Crippen LogP contribution < -0.4 is 10.1 Å². The third-order valence-electron chi connectivity index (χ3n) is 3.54. The van der Waals surface area contributed by atoms with Crippen LogP contribution in [0.2, 0.25) is 0 Å². The molecule has 0 saturated heterocycles. The standard InChI is InChI=1S/C16H25NO2/c1-2-3-10-18-12-9-17-13-14-8-11-19-16-7-5-4-6-15(14)16/h4-7,14,17H,2-3,8-13H2,1H3. The van der Waals surface area contributed by atoms with E-state index >= 15 is 0 Å². The van der Waals surface area contributed by atoms with Crippen molar-refractivity contribution in [1.82, 2.24) is 5.32 Å². The first-order chi connectivity index (χ1) is 9.42. The van der Waals surface area contributed by atoms with Crippen molar-refractivity contribution in [2.75, 3.05) is 32.9 Å². The predicted octanol–water partition coefficient (Wildman–Crippen LogP) is 2.96. The molecule has 0 aliphatic carbocycles. The SMILES string of the molecule is CCCCOCCNCC1CCOc2ccccc21. The largest absolute Gasteiger partial charge is 0.493 e. The fourth-order valence-electron chi connectivity index (χ4n) is 2.40. The first-order valence-electron chi connectivity index (χ1n) is 7.42. The minimum absolute atomic E-state index is 0.570.